The van der Waals surface area contributed by atoms with Crippen LogP contribution in [0.2, 0.25) is 0 Å². The molecule has 0 fully saturated rings. The molecule has 0 saturated heterocycles. The first-order valence-corrected chi connectivity index (χ1v) is 6.01. The number of nitrogens with zero attached hydrogens (tertiary/aromatic N) is 2. The van der Waals surface area contributed by atoms with Crippen LogP contribution in [0.15, 0.2) is 18.2 Å². The van der Waals surface area contributed by atoms with Crippen LogP contribution in [0, 0.1) is 17.0 Å². The molecule has 0 aromatic heterocycles. The van der Waals surface area contributed by atoms with Gasteiger partial charge in [0.25, 0.3) is 11.6 Å². The fourth-order valence-electron chi connectivity index (χ4n) is 1.67. The Bertz CT molecular complexity index is 486. The van der Waals surface area contributed by atoms with E-state index in [1.807, 2.05) is 0 Å². The second kappa shape index (κ2) is 6.29. The van der Waals surface area contributed by atoms with Crippen molar-refractivity contribution in [2.45, 2.75) is 26.4 Å². The molecule has 0 aliphatic heterocycles. The van der Waals surface area contributed by atoms with Gasteiger partial charge in [-0.05, 0) is 31.9 Å². The summed E-state index contributed by atoms with van der Waals surface area (Å²) in [7, 11) is 1.57. The molecule has 1 aromatic carbocycles. The number of amides is 1. The summed E-state index contributed by atoms with van der Waals surface area (Å²) in [5.41, 5.74) is 0.676. The van der Waals surface area contributed by atoms with Crippen LogP contribution >= 0.6 is 0 Å². The SMILES string of the molecule is Cc1ccc([N+](=O)[O-])c(C(=O)N(C)CCC(C)O)c1. The van der Waals surface area contributed by atoms with E-state index in [4.69, 9.17) is 0 Å². The van der Waals surface area contributed by atoms with E-state index >= 15 is 0 Å². The fraction of sp³-hybridized carbons (Fsp3) is 0.462. The average Bonchev–Trinajstić information content (AvgIpc) is 2.34. The van der Waals surface area contributed by atoms with E-state index < -0.39 is 16.9 Å². The predicted molar refractivity (Wildman–Crippen MR) is 71.1 cm³/mol. The normalized spacial score (nSPS) is 12.0. The molecular formula is C13H18N2O4. The van der Waals surface area contributed by atoms with Crippen molar-refractivity contribution in [3.05, 3.63) is 39.4 Å². The highest BCUT2D eigenvalue weighted by Crippen LogP contribution is 2.21. The Kier molecular flexibility index (Phi) is 5.00. The van der Waals surface area contributed by atoms with Crippen molar-refractivity contribution in [2.24, 2.45) is 0 Å². The molecule has 1 amide bonds. The predicted octanol–water partition coefficient (Wildman–Crippen LogP) is 1.75. The molecule has 0 radical (unpaired) electrons. The number of carbonyl (C=O) groups is 1. The monoisotopic (exact) mass is 266 g/mol. The summed E-state index contributed by atoms with van der Waals surface area (Å²) in [5.74, 6) is -0.406. The molecule has 6 nitrogen and oxygen atoms in total. The maximum atomic E-state index is 12.2. The molecule has 1 aromatic rings. The number of carbonyl (C=O) groups excluding carboxylic acids is 1. The maximum absolute atomic E-state index is 12.2. The van der Waals surface area contributed by atoms with Crippen molar-refractivity contribution in [2.75, 3.05) is 13.6 Å². The quantitative estimate of drug-likeness (QED) is 0.650. The largest absolute Gasteiger partial charge is 0.393 e. The summed E-state index contributed by atoms with van der Waals surface area (Å²) < 4.78 is 0. The minimum atomic E-state index is -0.560. The number of aryl methyl sites for hydroxylation is 1. The fourth-order valence-corrected chi connectivity index (χ4v) is 1.67. The lowest BCUT2D eigenvalue weighted by Gasteiger charge is -2.18. The summed E-state index contributed by atoms with van der Waals surface area (Å²) in [6.07, 6.45) is -0.0790. The van der Waals surface area contributed by atoms with Gasteiger partial charge < -0.3 is 10.0 Å². The number of aliphatic hydroxyl groups excluding tert-OH is 1. The van der Waals surface area contributed by atoms with E-state index in [-0.39, 0.29) is 11.3 Å². The van der Waals surface area contributed by atoms with Crippen molar-refractivity contribution < 1.29 is 14.8 Å². The number of hydrogen-bond acceptors (Lipinski definition) is 4. The Morgan fingerprint density at radius 2 is 2.16 bits per heavy atom. The molecule has 6 heteroatoms. The van der Waals surface area contributed by atoms with Crippen LogP contribution in [-0.2, 0) is 0 Å². The zero-order valence-corrected chi connectivity index (χ0v) is 11.3. The Morgan fingerprint density at radius 1 is 1.53 bits per heavy atom. The minimum Gasteiger partial charge on any atom is -0.393 e. The second-order valence-corrected chi connectivity index (χ2v) is 4.64. The zero-order chi connectivity index (χ0) is 14.6. The summed E-state index contributed by atoms with van der Waals surface area (Å²) in [6, 6.07) is 4.45. The molecule has 19 heavy (non-hydrogen) atoms. The molecule has 0 saturated carbocycles. The third-order valence-corrected chi connectivity index (χ3v) is 2.81. The van der Waals surface area contributed by atoms with Gasteiger partial charge in [-0.25, -0.2) is 0 Å². The molecule has 1 N–H and O–H groups in total. The lowest BCUT2D eigenvalue weighted by Crippen LogP contribution is -2.30. The van der Waals surface area contributed by atoms with Crippen LogP contribution in [0.5, 0.6) is 0 Å². The molecule has 104 valence electrons. The van der Waals surface area contributed by atoms with Gasteiger partial charge in [-0.2, -0.15) is 0 Å². The van der Waals surface area contributed by atoms with Gasteiger partial charge in [0, 0.05) is 19.7 Å². The number of nitro groups is 1. The highest BCUT2D eigenvalue weighted by molar-refractivity contribution is 5.98. The smallest absolute Gasteiger partial charge is 0.282 e. The van der Waals surface area contributed by atoms with Gasteiger partial charge in [0.2, 0.25) is 0 Å². The van der Waals surface area contributed by atoms with E-state index in [2.05, 4.69) is 0 Å². The molecule has 0 bridgehead atoms. The van der Waals surface area contributed by atoms with Gasteiger partial charge in [0.05, 0.1) is 11.0 Å². The molecular weight excluding hydrogens is 248 g/mol. The lowest BCUT2D eigenvalue weighted by molar-refractivity contribution is -0.385. The van der Waals surface area contributed by atoms with E-state index in [0.717, 1.165) is 5.56 Å². The Hall–Kier alpha value is -1.95. The summed E-state index contributed by atoms with van der Waals surface area (Å²) in [4.78, 5) is 23.9. The van der Waals surface area contributed by atoms with E-state index in [1.165, 1.54) is 17.0 Å². The summed E-state index contributed by atoms with van der Waals surface area (Å²) in [5, 5.41) is 20.1. The van der Waals surface area contributed by atoms with Crippen LogP contribution < -0.4 is 0 Å². The average molecular weight is 266 g/mol. The zero-order valence-electron chi connectivity index (χ0n) is 11.3. The molecule has 0 aliphatic carbocycles. The van der Waals surface area contributed by atoms with Crippen molar-refractivity contribution >= 4 is 11.6 Å². The summed E-state index contributed by atoms with van der Waals surface area (Å²) >= 11 is 0. The van der Waals surface area contributed by atoms with Gasteiger partial charge >= 0.3 is 0 Å². The van der Waals surface area contributed by atoms with Crippen LogP contribution in [0.25, 0.3) is 0 Å². The second-order valence-electron chi connectivity index (χ2n) is 4.64. The lowest BCUT2D eigenvalue weighted by atomic mass is 10.1. The molecule has 0 spiro atoms. The van der Waals surface area contributed by atoms with Crippen molar-refractivity contribution in [1.82, 2.24) is 4.90 Å². The number of benzene rings is 1. The van der Waals surface area contributed by atoms with E-state index in [0.29, 0.717) is 13.0 Å². The standard InChI is InChI=1S/C13H18N2O4/c1-9-4-5-12(15(18)19)11(8-9)13(17)14(3)7-6-10(2)16/h4-5,8,10,16H,6-7H2,1-3H3. The van der Waals surface area contributed by atoms with Gasteiger partial charge in [0.1, 0.15) is 5.56 Å². The first-order chi connectivity index (χ1) is 8.82. The minimum absolute atomic E-state index is 0.0816. The van der Waals surface area contributed by atoms with Crippen LogP contribution in [0.4, 0.5) is 5.69 Å². The van der Waals surface area contributed by atoms with Crippen molar-refractivity contribution in [3.63, 3.8) is 0 Å². The number of rotatable bonds is 5. The Morgan fingerprint density at radius 3 is 2.68 bits per heavy atom. The van der Waals surface area contributed by atoms with Crippen LogP contribution in [0.1, 0.15) is 29.3 Å². The van der Waals surface area contributed by atoms with Gasteiger partial charge in [-0.3, -0.25) is 14.9 Å². The third kappa shape index (κ3) is 4.03. The number of aliphatic hydroxyl groups is 1. The van der Waals surface area contributed by atoms with Gasteiger partial charge in [-0.1, -0.05) is 6.07 Å². The van der Waals surface area contributed by atoms with Crippen LogP contribution in [0.3, 0.4) is 0 Å². The Labute approximate surface area is 111 Å². The van der Waals surface area contributed by atoms with E-state index in [9.17, 15) is 20.0 Å². The first-order valence-electron chi connectivity index (χ1n) is 6.01. The number of hydrogen-bond donors (Lipinski definition) is 1. The summed E-state index contributed by atoms with van der Waals surface area (Å²) in [6.45, 7) is 3.76. The van der Waals surface area contributed by atoms with Gasteiger partial charge in [0.15, 0.2) is 0 Å². The highest BCUT2D eigenvalue weighted by Gasteiger charge is 2.22. The third-order valence-electron chi connectivity index (χ3n) is 2.81. The molecule has 1 atom stereocenters. The van der Waals surface area contributed by atoms with E-state index in [1.54, 1.807) is 27.0 Å². The maximum Gasteiger partial charge on any atom is 0.282 e. The molecule has 0 aliphatic rings. The first kappa shape index (κ1) is 15.1. The molecule has 1 rings (SSSR count). The topological polar surface area (TPSA) is 83.7 Å². The van der Waals surface area contributed by atoms with Gasteiger partial charge in [-0.15, -0.1) is 0 Å². The Balaban J connectivity index is 2.98. The highest BCUT2D eigenvalue weighted by atomic mass is 16.6. The molecule has 0 heterocycles. The van der Waals surface area contributed by atoms with Crippen LogP contribution in [-0.4, -0.2) is 40.5 Å². The van der Waals surface area contributed by atoms with Crippen molar-refractivity contribution in [3.8, 4) is 0 Å². The molecule has 1 unspecified atom stereocenters. The number of nitro benzene ring substituents is 1. The van der Waals surface area contributed by atoms with Crippen molar-refractivity contribution in [1.29, 1.82) is 0 Å².